The Labute approximate surface area is 99.4 Å². The number of nitrogens with zero attached hydrogens (tertiary/aromatic N) is 1. The van der Waals surface area contributed by atoms with Crippen LogP contribution in [0.1, 0.15) is 15.9 Å². The summed E-state index contributed by atoms with van der Waals surface area (Å²) in [7, 11) is 0. The predicted molar refractivity (Wildman–Crippen MR) is 60.7 cm³/mol. The number of carboxylic acids is 1. The average molecular weight is 284 g/mol. The fourth-order valence-electron chi connectivity index (χ4n) is 1.05. The van der Waals surface area contributed by atoms with Gasteiger partial charge in [-0.25, -0.2) is 4.79 Å². The number of carboxylic acid groups (broad SMARTS) is 1. The molecule has 0 saturated heterocycles. The van der Waals surface area contributed by atoms with Gasteiger partial charge in [0.1, 0.15) is 5.56 Å². The monoisotopic (exact) mass is 283 g/mol. The molecule has 0 saturated carbocycles. The first-order chi connectivity index (χ1) is 7.56. The van der Waals surface area contributed by atoms with E-state index in [0.29, 0.717) is 5.33 Å². The molecule has 0 aliphatic carbocycles. The largest absolute Gasteiger partial charge is 0.478 e. The van der Waals surface area contributed by atoms with E-state index >= 15 is 0 Å². The molecular weight excluding hydrogens is 278 g/mol. The third-order valence-corrected chi connectivity index (χ3v) is 2.01. The minimum absolute atomic E-state index is 0.129. The molecule has 0 amide bonds. The fourth-order valence-corrected chi connectivity index (χ4v) is 1.19. The first-order valence-electron chi connectivity index (χ1n) is 4.13. The Balaban J connectivity index is 3.30. The van der Waals surface area contributed by atoms with Crippen LogP contribution in [0.25, 0.3) is 0 Å². The summed E-state index contributed by atoms with van der Waals surface area (Å²) in [5, 5.41) is 19.8. The van der Waals surface area contributed by atoms with Crippen molar-refractivity contribution in [1.29, 1.82) is 0 Å². The van der Waals surface area contributed by atoms with E-state index in [0.717, 1.165) is 6.07 Å². The van der Waals surface area contributed by atoms with Crippen LogP contribution in [-0.4, -0.2) is 21.3 Å². The summed E-state index contributed by atoms with van der Waals surface area (Å²) in [4.78, 5) is 20.7. The number of alkyl halides is 1. The highest BCUT2D eigenvalue weighted by atomic mass is 79.9. The van der Waals surface area contributed by atoms with Crippen molar-refractivity contribution in [1.82, 2.24) is 0 Å². The molecule has 0 aliphatic heterocycles. The first kappa shape index (κ1) is 12.2. The van der Waals surface area contributed by atoms with Gasteiger partial charge >= 0.3 is 5.97 Å². The quantitative estimate of drug-likeness (QED) is 0.390. The second-order valence-corrected chi connectivity index (χ2v) is 3.29. The number of carbonyl (C=O) groups is 1. The van der Waals surface area contributed by atoms with Crippen molar-refractivity contribution in [2.45, 2.75) is 0 Å². The normalized spacial score (nSPS) is 9.06. The van der Waals surface area contributed by atoms with Crippen LogP contribution >= 0.6 is 15.9 Å². The van der Waals surface area contributed by atoms with Gasteiger partial charge in [0.25, 0.3) is 5.69 Å². The first-order valence-corrected chi connectivity index (χ1v) is 5.25. The molecule has 0 spiro atoms. The van der Waals surface area contributed by atoms with Gasteiger partial charge in [-0.15, -0.1) is 0 Å². The molecule has 0 unspecified atom stereocenters. The zero-order valence-electron chi connectivity index (χ0n) is 7.94. The molecule has 1 N–H and O–H groups in total. The number of aromatic carboxylic acids is 1. The molecule has 0 aliphatic rings. The lowest BCUT2D eigenvalue weighted by atomic mass is 10.1. The van der Waals surface area contributed by atoms with E-state index in [-0.39, 0.29) is 16.8 Å². The van der Waals surface area contributed by atoms with Crippen molar-refractivity contribution in [3.8, 4) is 11.8 Å². The van der Waals surface area contributed by atoms with Crippen LogP contribution in [0.4, 0.5) is 5.69 Å². The number of halogens is 1. The summed E-state index contributed by atoms with van der Waals surface area (Å²) in [6.45, 7) is 0. The molecule has 1 aromatic rings. The molecule has 16 heavy (non-hydrogen) atoms. The zero-order valence-corrected chi connectivity index (χ0v) is 9.52. The van der Waals surface area contributed by atoms with Crippen molar-refractivity contribution >= 4 is 27.6 Å². The number of hydrogen-bond donors (Lipinski definition) is 1. The average Bonchev–Trinajstić information content (AvgIpc) is 2.25. The van der Waals surface area contributed by atoms with Gasteiger partial charge in [-0.1, -0.05) is 27.8 Å². The van der Waals surface area contributed by atoms with Crippen molar-refractivity contribution in [2.75, 3.05) is 5.33 Å². The van der Waals surface area contributed by atoms with Crippen LogP contribution in [-0.2, 0) is 0 Å². The summed E-state index contributed by atoms with van der Waals surface area (Å²) >= 11 is 3.07. The Kier molecular flexibility index (Phi) is 4.03. The molecule has 0 radical (unpaired) electrons. The van der Waals surface area contributed by atoms with Crippen LogP contribution in [0.15, 0.2) is 18.2 Å². The van der Waals surface area contributed by atoms with E-state index in [9.17, 15) is 14.9 Å². The maximum absolute atomic E-state index is 10.7. The van der Waals surface area contributed by atoms with E-state index in [1.165, 1.54) is 12.1 Å². The molecule has 0 atom stereocenters. The summed E-state index contributed by atoms with van der Waals surface area (Å²) in [6, 6.07) is 3.62. The standard InChI is InChI=1S/C10H6BrNO4/c11-5-1-2-7-3-4-8(10(13)14)6-9(7)12(15)16/h3-4,6H,5H2,(H,13,14). The van der Waals surface area contributed by atoms with Gasteiger partial charge in [-0.2, -0.15) is 0 Å². The molecule has 0 heterocycles. The Morgan fingerprint density at radius 2 is 2.25 bits per heavy atom. The van der Waals surface area contributed by atoms with Gasteiger partial charge in [-0.3, -0.25) is 10.1 Å². The number of nitro benzene ring substituents is 1. The maximum Gasteiger partial charge on any atom is 0.335 e. The van der Waals surface area contributed by atoms with E-state index in [2.05, 4.69) is 27.8 Å². The Hall–Kier alpha value is -1.87. The van der Waals surface area contributed by atoms with Gasteiger partial charge in [0.2, 0.25) is 0 Å². The highest BCUT2D eigenvalue weighted by Gasteiger charge is 2.15. The van der Waals surface area contributed by atoms with Crippen molar-refractivity contribution in [3.63, 3.8) is 0 Å². The van der Waals surface area contributed by atoms with E-state index < -0.39 is 10.9 Å². The van der Waals surface area contributed by atoms with E-state index in [1.807, 2.05) is 0 Å². The van der Waals surface area contributed by atoms with Crippen LogP contribution in [0.2, 0.25) is 0 Å². The van der Waals surface area contributed by atoms with Crippen LogP contribution < -0.4 is 0 Å². The zero-order chi connectivity index (χ0) is 12.1. The van der Waals surface area contributed by atoms with Crippen LogP contribution in [0.3, 0.4) is 0 Å². The third kappa shape index (κ3) is 2.81. The lowest BCUT2D eigenvalue weighted by Crippen LogP contribution is -1.99. The third-order valence-electron chi connectivity index (χ3n) is 1.73. The number of nitro groups is 1. The molecule has 82 valence electrons. The minimum atomic E-state index is -1.21. The molecule has 0 fully saturated rings. The molecule has 0 aromatic heterocycles. The smallest absolute Gasteiger partial charge is 0.335 e. The molecular formula is C10H6BrNO4. The van der Waals surface area contributed by atoms with Crippen LogP contribution in [0, 0.1) is 22.0 Å². The van der Waals surface area contributed by atoms with Gasteiger partial charge in [0, 0.05) is 6.07 Å². The van der Waals surface area contributed by atoms with E-state index in [4.69, 9.17) is 5.11 Å². The van der Waals surface area contributed by atoms with Gasteiger partial charge in [0.15, 0.2) is 0 Å². The predicted octanol–water partition coefficient (Wildman–Crippen LogP) is 2.04. The minimum Gasteiger partial charge on any atom is -0.478 e. The van der Waals surface area contributed by atoms with Gasteiger partial charge in [0.05, 0.1) is 15.8 Å². The SMILES string of the molecule is O=C(O)c1ccc(C#CCBr)c([N+](=O)[O-])c1. The topological polar surface area (TPSA) is 80.4 Å². The van der Waals surface area contributed by atoms with Crippen LogP contribution in [0.5, 0.6) is 0 Å². The lowest BCUT2D eigenvalue weighted by Gasteiger charge is -1.97. The molecule has 1 aromatic carbocycles. The Morgan fingerprint density at radius 3 is 2.75 bits per heavy atom. The summed E-state index contributed by atoms with van der Waals surface area (Å²) in [5.41, 5.74) is -0.223. The van der Waals surface area contributed by atoms with Crippen molar-refractivity contribution < 1.29 is 14.8 Å². The fraction of sp³-hybridized carbons (Fsp3) is 0.100. The molecule has 6 heteroatoms. The van der Waals surface area contributed by atoms with Gasteiger partial charge in [-0.05, 0) is 12.1 Å². The molecule has 5 nitrogen and oxygen atoms in total. The highest BCUT2D eigenvalue weighted by molar-refractivity contribution is 9.09. The number of rotatable bonds is 2. The van der Waals surface area contributed by atoms with E-state index in [1.54, 1.807) is 0 Å². The number of hydrogen-bond acceptors (Lipinski definition) is 3. The molecule has 1 rings (SSSR count). The Morgan fingerprint density at radius 1 is 1.56 bits per heavy atom. The summed E-state index contributed by atoms with van der Waals surface area (Å²) < 4.78 is 0. The second-order valence-electron chi connectivity index (χ2n) is 2.73. The summed E-state index contributed by atoms with van der Waals surface area (Å²) in [5.74, 6) is 4.00. The maximum atomic E-state index is 10.7. The van der Waals surface area contributed by atoms with Crippen molar-refractivity contribution in [3.05, 3.63) is 39.4 Å². The van der Waals surface area contributed by atoms with Gasteiger partial charge < -0.3 is 5.11 Å². The van der Waals surface area contributed by atoms with Crippen molar-refractivity contribution in [2.24, 2.45) is 0 Å². The second kappa shape index (κ2) is 5.28. The Bertz CT molecular complexity index is 501. The lowest BCUT2D eigenvalue weighted by molar-refractivity contribution is -0.385. The number of benzene rings is 1. The summed E-state index contributed by atoms with van der Waals surface area (Å²) in [6.07, 6.45) is 0. The molecule has 0 bridgehead atoms. The highest BCUT2D eigenvalue weighted by Crippen LogP contribution is 2.19.